The Morgan fingerprint density at radius 1 is 1.05 bits per heavy atom. The Morgan fingerprint density at radius 2 is 1.79 bits per heavy atom. The summed E-state index contributed by atoms with van der Waals surface area (Å²) >= 11 is 1.02. The summed E-state index contributed by atoms with van der Waals surface area (Å²) in [6, 6.07) is 13.2. The maximum atomic E-state index is 13.9. The van der Waals surface area contributed by atoms with Gasteiger partial charge in [0, 0.05) is 31.4 Å². The highest BCUT2D eigenvalue weighted by Gasteiger charge is 2.28. The van der Waals surface area contributed by atoms with Crippen molar-refractivity contribution < 1.29 is 19.1 Å². The summed E-state index contributed by atoms with van der Waals surface area (Å²) in [5, 5.41) is 7.87. The summed E-state index contributed by atoms with van der Waals surface area (Å²) < 4.78 is 14.2. The van der Waals surface area contributed by atoms with Gasteiger partial charge in [0.2, 0.25) is 5.12 Å². The van der Waals surface area contributed by atoms with Crippen molar-refractivity contribution in [3.63, 3.8) is 0 Å². The van der Waals surface area contributed by atoms with Crippen molar-refractivity contribution in [1.29, 1.82) is 0 Å². The van der Waals surface area contributed by atoms with Crippen LogP contribution < -0.4 is 20.3 Å². The van der Waals surface area contributed by atoms with Crippen LogP contribution in [0.1, 0.15) is 37.9 Å². The third-order valence-electron chi connectivity index (χ3n) is 7.24. The molecule has 0 amide bonds. The molecule has 5 rings (SSSR count). The Hall–Kier alpha value is -4.38. The minimum Gasteiger partial charge on any atom is -0.493 e. The smallest absolute Gasteiger partial charge is 0.280 e. The molecule has 1 fully saturated rings. The van der Waals surface area contributed by atoms with E-state index in [1.807, 2.05) is 43.3 Å². The van der Waals surface area contributed by atoms with Gasteiger partial charge < -0.3 is 14.8 Å². The van der Waals surface area contributed by atoms with E-state index in [2.05, 4.69) is 17.3 Å². The number of aromatic nitrogens is 4. The zero-order chi connectivity index (χ0) is 30.0. The number of ketones is 1. The van der Waals surface area contributed by atoms with E-state index in [0.29, 0.717) is 46.4 Å². The molecular formula is C31H33N5O5S. The zero-order valence-electron chi connectivity index (χ0n) is 24.3. The third-order valence-corrected chi connectivity index (χ3v) is 8.35. The lowest BCUT2D eigenvalue weighted by molar-refractivity contribution is -0.119. The molecular weight excluding hydrogens is 554 g/mol. The summed E-state index contributed by atoms with van der Waals surface area (Å²) in [7, 11) is 4.92. The van der Waals surface area contributed by atoms with Gasteiger partial charge in [0.15, 0.2) is 22.8 Å². The van der Waals surface area contributed by atoms with Crippen LogP contribution in [-0.2, 0) is 29.6 Å². The largest absolute Gasteiger partial charge is 0.493 e. The summed E-state index contributed by atoms with van der Waals surface area (Å²) in [4.78, 5) is 43.2. The molecule has 2 aromatic heterocycles. The van der Waals surface area contributed by atoms with Gasteiger partial charge in [-0.15, -0.1) is 0 Å². The average Bonchev–Trinajstić information content (AvgIpc) is 3.50. The summed E-state index contributed by atoms with van der Waals surface area (Å²) in [5.74, 6) is 1.52. The molecule has 0 aliphatic carbocycles. The van der Waals surface area contributed by atoms with E-state index in [1.54, 1.807) is 36.6 Å². The van der Waals surface area contributed by atoms with Gasteiger partial charge in [-0.2, -0.15) is 5.10 Å². The standard InChI is InChI=1S/C31H33N5O5S/c1-6-7-22-27-28(35(3)34-22)31(39)36(30(33-27)20-10-13-24(40-4)25(16-20)41-5)15-14-32-21-11-8-19(9-12-21)18(2)29-23(37)17-26(38)42-29/h8-13,16,32H,6-7,14-15,17H2,1-5H3/b29-18-. The molecule has 10 nitrogen and oxygen atoms in total. The molecule has 42 heavy (non-hydrogen) atoms. The number of nitrogens with one attached hydrogen (secondary N) is 1. The molecule has 2 aromatic carbocycles. The number of thioether (sulfide) groups is 1. The molecule has 11 heteroatoms. The SMILES string of the molecule is CCCc1nn(C)c2c(=O)n(CCNc3ccc(/C(C)=C4\SC(=O)CC4=O)cc3)c(-c3ccc(OC)c(OC)c3)nc12. The van der Waals surface area contributed by atoms with Gasteiger partial charge >= 0.3 is 0 Å². The Kier molecular flexibility index (Phi) is 8.49. The molecule has 0 radical (unpaired) electrons. The fraction of sp³-hybridized carbons (Fsp3) is 0.323. The van der Waals surface area contributed by atoms with Gasteiger partial charge in [-0.05, 0) is 66.6 Å². The number of hydrogen-bond donors (Lipinski definition) is 1. The predicted octanol–water partition coefficient (Wildman–Crippen LogP) is 4.84. The lowest BCUT2D eigenvalue weighted by Crippen LogP contribution is -2.27. The van der Waals surface area contributed by atoms with E-state index < -0.39 is 0 Å². The molecule has 0 unspecified atom stereocenters. The zero-order valence-corrected chi connectivity index (χ0v) is 25.1. The van der Waals surface area contributed by atoms with Gasteiger partial charge in [0.25, 0.3) is 5.56 Å². The van der Waals surface area contributed by atoms with Crippen LogP contribution >= 0.6 is 11.8 Å². The number of ether oxygens (including phenoxy) is 2. The molecule has 1 saturated heterocycles. The topological polar surface area (TPSA) is 117 Å². The molecule has 0 spiro atoms. The van der Waals surface area contributed by atoms with Crippen molar-refractivity contribution in [3.05, 3.63) is 69.0 Å². The maximum absolute atomic E-state index is 13.9. The highest BCUT2D eigenvalue weighted by atomic mass is 32.2. The predicted molar refractivity (Wildman–Crippen MR) is 165 cm³/mol. The van der Waals surface area contributed by atoms with E-state index in [-0.39, 0.29) is 22.9 Å². The molecule has 0 saturated carbocycles. The lowest BCUT2D eigenvalue weighted by atomic mass is 10.0. The van der Waals surface area contributed by atoms with E-state index in [1.165, 1.54) is 0 Å². The number of allylic oxidation sites excluding steroid dienone is 2. The van der Waals surface area contributed by atoms with Crippen molar-refractivity contribution in [2.45, 2.75) is 39.7 Å². The maximum Gasteiger partial charge on any atom is 0.280 e. The van der Waals surface area contributed by atoms with Crippen molar-refractivity contribution in [3.8, 4) is 22.9 Å². The first kappa shape index (κ1) is 29.1. The van der Waals surface area contributed by atoms with Crippen molar-refractivity contribution >= 4 is 45.0 Å². The number of fused-ring (bicyclic) bond motifs is 1. The minimum atomic E-state index is -0.171. The lowest BCUT2D eigenvalue weighted by Gasteiger charge is -2.16. The van der Waals surface area contributed by atoms with E-state index in [4.69, 9.17) is 14.5 Å². The van der Waals surface area contributed by atoms with E-state index >= 15 is 0 Å². The van der Waals surface area contributed by atoms with Crippen LogP contribution in [0, 0.1) is 0 Å². The number of hydrogen-bond acceptors (Lipinski definition) is 9. The summed E-state index contributed by atoms with van der Waals surface area (Å²) in [6.07, 6.45) is 1.56. The fourth-order valence-corrected chi connectivity index (χ4v) is 6.00. The number of anilines is 1. The van der Waals surface area contributed by atoms with Crippen LogP contribution in [0.25, 0.3) is 28.0 Å². The normalized spacial score (nSPS) is 14.5. The highest BCUT2D eigenvalue weighted by Crippen LogP contribution is 2.36. The highest BCUT2D eigenvalue weighted by molar-refractivity contribution is 8.18. The number of nitrogens with zero attached hydrogens (tertiary/aromatic N) is 4. The van der Waals surface area contributed by atoms with Crippen LogP contribution in [0.2, 0.25) is 0 Å². The van der Waals surface area contributed by atoms with Crippen LogP contribution in [0.3, 0.4) is 0 Å². The number of aryl methyl sites for hydroxylation is 2. The van der Waals surface area contributed by atoms with Crippen molar-refractivity contribution in [2.24, 2.45) is 7.05 Å². The minimum absolute atomic E-state index is 0.0406. The van der Waals surface area contributed by atoms with Crippen molar-refractivity contribution in [1.82, 2.24) is 19.3 Å². The first-order chi connectivity index (χ1) is 20.2. The Balaban J connectivity index is 1.45. The number of carbonyl (C=O) groups is 2. The number of methoxy groups -OCH3 is 2. The van der Waals surface area contributed by atoms with E-state index in [9.17, 15) is 14.4 Å². The molecule has 4 aromatic rings. The number of carbonyl (C=O) groups excluding carboxylic acids is 2. The second-order valence-corrected chi connectivity index (χ2v) is 11.1. The molecule has 0 bridgehead atoms. The van der Waals surface area contributed by atoms with Gasteiger partial charge in [0.1, 0.15) is 11.3 Å². The van der Waals surface area contributed by atoms with Crippen LogP contribution in [0.15, 0.2) is 52.2 Å². The molecule has 1 N–H and O–H groups in total. The van der Waals surface area contributed by atoms with Crippen molar-refractivity contribution in [2.75, 3.05) is 26.1 Å². The summed E-state index contributed by atoms with van der Waals surface area (Å²) in [5.41, 5.74) is 4.97. The molecule has 1 aliphatic rings. The molecule has 3 heterocycles. The quantitative estimate of drug-likeness (QED) is 0.205. The van der Waals surface area contributed by atoms with Gasteiger partial charge in [-0.1, -0.05) is 25.5 Å². The second-order valence-electron chi connectivity index (χ2n) is 10.0. The Bertz CT molecular complexity index is 1770. The van der Waals surface area contributed by atoms with Crippen LogP contribution in [0.4, 0.5) is 5.69 Å². The van der Waals surface area contributed by atoms with Gasteiger partial charge in [0.05, 0.1) is 31.2 Å². The molecule has 0 atom stereocenters. The Labute approximate surface area is 247 Å². The van der Waals surface area contributed by atoms with Gasteiger partial charge in [-0.3, -0.25) is 23.6 Å². The number of rotatable bonds is 10. The number of benzene rings is 2. The van der Waals surface area contributed by atoms with E-state index in [0.717, 1.165) is 52.7 Å². The first-order valence-electron chi connectivity index (χ1n) is 13.7. The number of Topliss-reactive ketones (excluding diaryl/α,β-unsaturated/α-hetero) is 1. The summed E-state index contributed by atoms with van der Waals surface area (Å²) in [6.45, 7) is 4.73. The van der Waals surface area contributed by atoms with Gasteiger partial charge in [-0.25, -0.2) is 4.98 Å². The molecule has 218 valence electrons. The molecule has 1 aliphatic heterocycles. The van der Waals surface area contributed by atoms with Crippen LogP contribution in [-0.4, -0.2) is 51.0 Å². The fourth-order valence-electron chi connectivity index (χ4n) is 5.11. The van der Waals surface area contributed by atoms with Crippen LogP contribution in [0.5, 0.6) is 11.5 Å². The average molecular weight is 588 g/mol. The Morgan fingerprint density at radius 3 is 2.43 bits per heavy atom. The monoisotopic (exact) mass is 587 g/mol. The first-order valence-corrected chi connectivity index (χ1v) is 14.5. The second kappa shape index (κ2) is 12.2. The third kappa shape index (κ3) is 5.56.